The van der Waals surface area contributed by atoms with Gasteiger partial charge in [0, 0.05) is 18.0 Å². The number of amides is 2. The molecular weight excluding hydrogens is 391 g/mol. The van der Waals surface area contributed by atoms with Crippen LogP contribution in [0.4, 0.5) is 15.9 Å². The van der Waals surface area contributed by atoms with Gasteiger partial charge in [0.1, 0.15) is 11.6 Å². The molecule has 1 saturated heterocycles. The van der Waals surface area contributed by atoms with Crippen molar-refractivity contribution in [3.05, 3.63) is 64.9 Å². The first-order valence-corrected chi connectivity index (χ1v) is 9.97. The van der Waals surface area contributed by atoms with E-state index in [0.717, 1.165) is 16.0 Å². The second kappa shape index (κ2) is 8.00. The summed E-state index contributed by atoms with van der Waals surface area (Å²) in [5.74, 6) is 0.157. The Morgan fingerprint density at radius 1 is 1.24 bits per heavy atom. The van der Waals surface area contributed by atoms with E-state index in [4.69, 9.17) is 0 Å². The molecule has 29 heavy (non-hydrogen) atoms. The lowest BCUT2D eigenvalue weighted by Crippen LogP contribution is -2.48. The number of aryl methyl sites for hydroxylation is 1. The summed E-state index contributed by atoms with van der Waals surface area (Å²) in [5, 5.41) is 5.63. The minimum Gasteiger partial charge on any atom is -0.353 e. The number of carbonyl (C=O) groups excluding carboxylic acids is 2. The van der Waals surface area contributed by atoms with Crippen LogP contribution in [-0.4, -0.2) is 36.4 Å². The molecule has 3 heterocycles. The first kappa shape index (κ1) is 19.1. The zero-order chi connectivity index (χ0) is 20.4. The van der Waals surface area contributed by atoms with Gasteiger partial charge in [0.2, 0.25) is 5.91 Å². The molecule has 6 nitrogen and oxygen atoms in total. The number of aromatic nitrogens is 1. The van der Waals surface area contributed by atoms with Gasteiger partial charge in [0.25, 0.3) is 5.91 Å². The first-order valence-electron chi connectivity index (χ1n) is 9.15. The summed E-state index contributed by atoms with van der Waals surface area (Å²) in [4.78, 5) is 31.9. The van der Waals surface area contributed by atoms with Crippen molar-refractivity contribution in [2.75, 3.05) is 29.9 Å². The molecule has 2 aromatic heterocycles. The van der Waals surface area contributed by atoms with Crippen molar-refractivity contribution in [2.24, 2.45) is 0 Å². The molecule has 0 radical (unpaired) electrons. The summed E-state index contributed by atoms with van der Waals surface area (Å²) < 4.78 is 13.2. The molecule has 3 aromatic rings. The van der Waals surface area contributed by atoms with E-state index in [1.165, 1.54) is 23.5 Å². The van der Waals surface area contributed by atoms with Crippen LogP contribution in [0.15, 0.2) is 48.7 Å². The zero-order valence-corrected chi connectivity index (χ0v) is 16.6. The first-order chi connectivity index (χ1) is 14.0. The third-order valence-corrected chi connectivity index (χ3v) is 5.90. The minimum absolute atomic E-state index is 0.0274. The van der Waals surface area contributed by atoms with E-state index in [2.05, 4.69) is 15.6 Å². The van der Waals surface area contributed by atoms with Gasteiger partial charge in [-0.2, -0.15) is 0 Å². The van der Waals surface area contributed by atoms with E-state index in [1.807, 2.05) is 17.9 Å². The van der Waals surface area contributed by atoms with Crippen LogP contribution in [0.2, 0.25) is 0 Å². The molecule has 4 rings (SSSR count). The molecule has 8 heteroatoms. The molecule has 1 aliphatic heterocycles. The van der Waals surface area contributed by atoms with Crippen LogP contribution in [0.3, 0.4) is 0 Å². The van der Waals surface area contributed by atoms with Crippen LogP contribution in [0.1, 0.15) is 15.2 Å². The van der Waals surface area contributed by atoms with Gasteiger partial charge in [0.15, 0.2) is 0 Å². The fourth-order valence-electron chi connectivity index (χ4n) is 3.16. The number of halogens is 1. The highest BCUT2D eigenvalue weighted by atomic mass is 32.1. The Morgan fingerprint density at radius 3 is 2.72 bits per heavy atom. The molecule has 1 aliphatic rings. The molecule has 2 amide bonds. The Labute approximate surface area is 171 Å². The Balaban J connectivity index is 1.46. The van der Waals surface area contributed by atoms with Crippen LogP contribution in [0.25, 0.3) is 10.4 Å². The summed E-state index contributed by atoms with van der Waals surface area (Å²) >= 11 is 1.36. The molecule has 0 bridgehead atoms. The monoisotopic (exact) mass is 410 g/mol. The van der Waals surface area contributed by atoms with Gasteiger partial charge >= 0.3 is 0 Å². The number of nitrogens with zero attached hydrogens (tertiary/aromatic N) is 2. The van der Waals surface area contributed by atoms with Crippen molar-refractivity contribution in [3.8, 4) is 10.4 Å². The number of piperazine rings is 1. The number of rotatable bonds is 4. The highest BCUT2D eigenvalue weighted by Crippen LogP contribution is 2.33. The molecule has 0 unspecified atom stereocenters. The maximum atomic E-state index is 13.2. The lowest BCUT2D eigenvalue weighted by molar-refractivity contribution is -0.120. The number of carbonyl (C=O) groups is 2. The second-order valence-corrected chi connectivity index (χ2v) is 7.81. The largest absolute Gasteiger partial charge is 0.353 e. The van der Waals surface area contributed by atoms with Gasteiger partial charge in [-0.25, -0.2) is 9.37 Å². The number of thiophene rings is 1. The van der Waals surface area contributed by atoms with Crippen LogP contribution >= 0.6 is 11.3 Å². The van der Waals surface area contributed by atoms with Gasteiger partial charge in [-0.15, -0.1) is 11.3 Å². The highest BCUT2D eigenvalue weighted by molar-refractivity contribution is 7.17. The van der Waals surface area contributed by atoms with Gasteiger partial charge in [-0.1, -0.05) is 12.1 Å². The lowest BCUT2D eigenvalue weighted by Gasteiger charge is -2.27. The lowest BCUT2D eigenvalue weighted by atomic mass is 10.1. The number of hydrogen-bond donors (Lipinski definition) is 2. The number of anilines is 2. The Hall–Kier alpha value is -3.26. The van der Waals surface area contributed by atoms with Crippen LogP contribution in [0.5, 0.6) is 0 Å². The second-order valence-electron chi connectivity index (χ2n) is 6.76. The zero-order valence-electron chi connectivity index (χ0n) is 15.7. The SMILES string of the molecule is Cc1cc(C(=O)Nc2ccc(N3CCNC(=O)C3)nc2)sc1-c1ccc(F)cc1. The fraction of sp³-hybridized carbons (Fsp3) is 0.190. The smallest absolute Gasteiger partial charge is 0.265 e. The van der Waals surface area contributed by atoms with E-state index in [0.29, 0.717) is 29.5 Å². The quantitative estimate of drug-likeness (QED) is 0.691. The van der Waals surface area contributed by atoms with Crippen molar-refractivity contribution in [2.45, 2.75) is 6.92 Å². The van der Waals surface area contributed by atoms with Gasteiger partial charge < -0.3 is 15.5 Å². The number of nitrogens with one attached hydrogen (secondary N) is 2. The average Bonchev–Trinajstić information content (AvgIpc) is 3.11. The minimum atomic E-state index is -0.290. The van der Waals surface area contributed by atoms with Crippen molar-refractivity contribution in [1.82, 2.24) is 10.3 Å². The molecule has 0 saturated carbocycles. The van der Waals surface area contributed by atoms with E-state index < -0.39 is 0 Å². The standard InChI is InChI=1S/C21H19FN4O2S/c1-13-10-17(29-20(13)14-2-4-15(22)5-3-14)21(28)25-16-6-7-18(24-11-16)26-9-8-23-19(27)12-26/h2-7,10-11H,8-9,12H2,1H3,(H,23,27)(H,25,28). The summed E-state index contributed by atoms with van der Waals surface area (Å²) in [6.07, 6.45) is 1.58. The van der Waals surface area contributed by atoms with Gasteiger partial charge in [0.05, 0.1) is 23.3 Å². The molecule has 2 N–H and O–H groups in total. The Morgan fingerprint density at radius 2 is 2.03 bits per heavy atom. The predicted octanol–water partition coefficient (Wildman–Crippen LogP) is 3.45. The molecule has 0 atom stereocenters. The van der Waals surface area contributed by atoms with E-state index >= 15 is 0 Å². The highest BCUT2D eigenvalue weighted by Gasteiger charge is 2.18. The molecule has 148 valence electrons. The maximum absolute atomic E-state index is 13.2. The number of hydrogen-bond acceptors (Lipinski definition) is 5. The predicted molar refractivity (Wildman–Crippen MR) is 112 cm³/mol. The molecule has 0 spiro atoms. The van der Waals surface area contributed by atoms with Crippen LogP contribution in [-0.2, 0) is 4.79 Å². The normalized spacial score (nSPS) is 13.9. The summed E-state index contributed by atoms with van der Waals surface area (Å²) in [5.41, 5.74) is 2.42. The molecular formula is C21H19FN4O2S. The summed E-state index contributed by atoms with van der Waals surface area (Å²) in [6, 6.07) is 11.6. The maximum Gasteiger partial charge on any atom is 0.265 e. The van der Waals surface area contributed by atoms with Crippen molar-refractivity contribution < 1.29 is 14.0 Å². The summed E-state index contributed by atoms with van der Waals surface area (Å²) in [6.45, 7) is 3.49. The third kappa shape index (κ3) is 4.27. The van der Waals surface area contributed by atoms with E-state index in [1.54, 1.807) is 30.5 Å². The Bertz CT molecular complexity index is 1050. The van der Waals surface area contributed by atoms with Crippen molar-refractivity contribution in [1.29, 1.82) is 0 Å². The topological polar surface area (TPSA) is 74.3 Å². The van der Waals surface area contributed by atoms with Gasteiger partial charge in [-0.3, -0.25) is 9.59 Å². The molecule has 1 aromatic carbocycles. The summed E-state index contributed by atoms with van der Waals surface area (Å²) in [7, 11) is 0. The van der Waals surface area contributed by atoms with Crippen LogP contribution in [0, 0.1) is 12.7 Å². The van der Waals surface area contributed by atoms with E-state index in [-0.39, 0.29) is 24.2 Å². The molecule has 0 aliphatic carbocycles. The van der Waals surface area contributed by atoms with Gasteiger partial charge in [-0.05, 0) is 48.4 Å². The number of benzene rings is 1. The van der Waals surface area contributed by atoms with Crippen molar-refractivity contribution in [3.63, 3.8) is 0 Å². The number of pyridine rings is 1. The van der Waals surface area contributed by atoms with Crippen molar-refractivity contribution >= 4 is 34.7 Å². The average molecular weight is 410 g/mol. The third-order valence-electron chi connectivity index (χ3n) is 4.62. The van der Waals surface area contributed by atoms with Crippen LogP contribution < -0.4 is 15.5 Å². The Kier molecular flexibility index (Phi) is 5.26. The fourth-order valence-corrected chi connectivity index (χ4v) is 4.23. The molecule has 1 fully saturated rings. The van der Waals surface area contributed by atoms with E-state index in [9.17, 15) is 14.0 Å².